The number of nitrogens with zero attached hydrogens (tertiary/aromatic N) is 1. The van der Waals surface area contributed by atoms with Gasteiger partial charge >= 0.3 is 0 Å². The summed E-state index contributed by atoms with van der Waals surface area (Å²) >= 11 is 0. The molecule has 0 bridgehead atoms. The Morgan fingerprint density at radius 1 is 1.00 bits per heavy atom. The van der Waals surface area contributed by atoms with Gasteiger partial charge in [-0.15, -0.1) is 0 Å². The van der Waals surface area contributed by atoms with Gasteiger partial charge < -0.3 is 19.5 Å². The Labute approximate surface area is 199 Å². The van der Waals surface area contributed by atoms with Crippen LogP contribution in [0.5, 0.6) is 17.2 Å². The van der Waals surface area contributed by atoms with Gasteiger partial charge in [0.05, 0.1) is 37.4 Å². The van der Waals surface area contributed by atoms with Gasteiger partial charge in [0.1, 0.15) is 5.75 Å². The van der Waals surface area contributed by atoms with Gasteiger partial charge in [0.15, 0.2) is 17.6 Å². The number of carbonyl (C=O) groups excluding carboxylic acids is 1. The number of hydrogen-bond acceptors (Lipinski definition) is 6. The molecule has 4 rings (SSSR count). The first-order valence-corrected chi connectivity index (χ1v) is 12.1. The van der Waals surface area contributed by atoms with E-state index in [4.69, 9.17) is 14.2 Å². The zero-order valence-electron chi connectivity index (χ0n) is 19.1. The predicted octanol–water partition coefficient (Wildman–Crippen LogP) is 3.54. The molecule has 8 nitrogen and oxygen atoms in total. The number of benzene rings is 3. The summed E-state index contributed by atoms with van der Waals surface area (Å²) in [6.07, 6.45) is -1.03. The van der Waals surface area contributed by atoms with Crippen LogP contribution < -0.4 is 23.8 Å². The number of methoxy groups -OCH3 is 2. The Bertz CT molecular complexity index is 1280. The molecule has 34 heavy (non-hydrogen) atoms. The number of anilines is 1. The van der Waals surface area contributed by atoms with E-state index >= 15 is 0 Å². The van der Waals surface area contributed by atoms with Crippen molar-refractivity contribution in [3.63, 3.8) is 0 Å². The van der Waals surface area contributed by atoms with E-state index in [2.05, 4.69) is 5.32 Å². The van der Waals surface area contributed by atoms with Gasteiger partial charge in [-0.25, -0.2) is 8.42 Å². The molecule has 0 saturated carbocycles. The number of fused-ring (bicyclic) bond motifs is 1. The summed E-state index contributed by atoms with van der Waals surface area (Å²) in [6, 6.07) is 19.9. The van der Waals surface area contributed by atoms with Crippen LogP contribution in [0.3, 0.4) is 0 Å². The highest BCUT2D eigenvalue weighted by Crippen LogP contribution is 2.37. The van der Waals surface area contributed by atoms with Crippen molar-refractivity contribution < 1.29 is 27.4 Å². The SMILES string of the molecule is COc1ccc([C@H](C)NC(=O)[C@@H]2CN(S(=O)(=O)c3ccccc3)c3ccccc3O2)cc1OC. The summed E-state index contributed by atoms with van der Waals surface area (Å²) in [5.74, 6) is 1.03. The van der Waals surface area contributed by atoms with Crippen molar-refractivity contribution in [3.05, 3.63) is 78.4 Å². The Kier molecular flexibility index (Phi) is 6.65. The Morgan fingerprint density at radius 2 is 1.68 bits per heavy atom. The van der Waals surface area contributed by atoms with Gasteiger partial charge in [0, 0.05) is 0 Å². The lowest BCUT2D eigenvalue weighted by Gasteiger charge is -2.35. The van der Waals surface area contributed by atoms with Crippen LogP contribution in [0.25, 0.3) is 0 Å². The van der Waals surface area contributed by atoms with Crippen LogP contribution in [0.2, 0.25) is 0 Å². The first-order chi connectivity index (χ1) is 16.3. The molecule has 0 aliphatic carbocycles. The maximum atomic E-state index is 13.4. The molecule has 0 radical (unpaired) electrons. The van der Waals surface area contributed by atoms with Crippen LogP contribution >= 0.6 is 0 Å². The number of nitrogens with one attached hydrogen (secondary N) is 1. The molecule has 1 N–H and O–H groups in total. The minimum Gasteiger partial charge on any atom is -0.493 e. The summed E-state index contributed by atoms with van der Waals surface area (Å²) in [7, 11) is -0.803. The molecule has 9 heteroatoms. The molecule has 2 atom stereocenters. The quantitative estimate of drug-likeness (QED) is 0.554. The van der Waals surface area contributed by atoms with Crippen molar-refractivity contribution in [2.24, 2.45) is 0 Å². The number of para-hydroxylation sites is 2. The number of rotatable bonds is 7. The fraction of sp³-hybridized carbons (Fsp3) is 0.240. The standard InChI is InChI=1S/C25H26N2O6S/c1-17(18-13-14-22(31-2)23(15-18)32-3)26-25(28)24-16-27(20-11-7-8-12-21(20)33-24)34(29,30)19-9-5-4-6-10-19/h4-15,17,24H,16H2,1-3H3,(H,26,28)/t17-,24-/m0/s1. The van der Waals surface area contributed by atoms with Crippen molar-refractivity contribution >= 4 is 21.6 Å². The van der Waals surface area contributed by atoms with E-state index in [1.165, 1.54) is 16.4 Å². The summed E-state index contributed by atoms with van der Waals surface area (Å²) in [5.41, 5.74) is 1.19. The van der Waals surface area contributed by atoms with Crippen LogP contribution in [0.4, 0.5) is 5.69 Å². The zero-order valence-corrected chi connectivity index (χ0v) is 19.9. The van der Waals surface area contributed by atoms with Crippen molar-refractivity contribution in [2.45, 2.75) is 24.0 Å². The lowest BCUT2D eigenvalue weighted by molar-refractivity contribution is -0.128. The summed E-state index contributed by atoms with van der Waals surface area (Å²) in [5, 5.41) is 2.92. The minimum absolute atomic E-state index is 0.143. The number of sulfonamides is 1. The summed E-state index contributed by atoms with van der Waals surface area (Å²) in [6.45, 7) is 1.67. The number of ether oxygens (including phenoxy) is 3. The van der Waals surface area contributed by atoms with Gasteiger partial charge in [-0.1, -0.05) is 36.4 Å². The fourth-order valence-electron chi connectivity index (χ4n) is 3.80. The normalized spacial score (nSPS) is 16.1. The maximum absolute atomic E-state index is 13.4. The molecule has 178 valence electrons. The third kappa shape index (κ3) is 4.51. The Hall–Kier alpha value is -3.72. The van der Waals surface area contributed by atoms with Gasteiger partial charge in [0.25, 0.3) is 15.9 Å². The van der Waals surface area contributed by atoms with Crippen molar-refractivity contribution in [1.82, 2.24) is 5.32 Å². The predicted molar refractivity (Wildman–Crippen MR) is 128 cm³/mol. The average molecular weight is 483 g/mol. The topological polar surface area (TPSA) is 94.2 Å². The third-order valence-corrected chi connectivity index (χ3v) is 7.42. The highest BCUT2D eigenvalue weighted by Gasteiger charge is 2.37. The lowest BCUT2D eigenvalue weighted by Crippen LogP contribution is -2.51. The van der Waals surface area contributed by atoms with Crippen LogP contribution in [0.15, 0.2) is 77.7 Å². The van der Waals surface area contributed by atoms with E-state index in [1.807, 2.05) is 13.0 Å². The van der Waals surface area contributed by atoms with Gasteiger partial charge in [-0.05, 0) is 48.9 Å². The van der Waals surface area contributed by atoms with Crippen LogP contribution in [-0.2, 0) is 14.8 Å². The summed E-state index contributed by atoms with van der Waals surface area (Å²) < 4.78 is 44.6. The first-order valence-electron chi connectivity index (χ1n) is 10.7. The molecule has 0 aromatic heterocycles. The van der Waals surface area contributed by atoms with E-state index in [0.29, 0.717) is 22.9 Å². The molecule has 1 aliphatic heterocycles. The van der Waals surface area contributed by atoms with Crippen LogP contribution in [0.1, 0.15) is 18.5 Å². The Balaban J connectivity index is 1.59. The van der Waals surface area contributed by atoms with Crippen molar-refractivity contribution in [1.29, 1.82) is 0 Å². The van der Waals surface area contributed by atoms with E-state index in [9.17, 15) is 13.2 Å². The number of carbonyl (C=O) groups is 1. The minimum atomic E-state index is -3.90. The second-order valence-corrected chi connectivity index (χ2v) is 9.63. The molecular formula is C25H26N2O6S. The molecule has 3 aromatic rings. The zero-order chi connectivity index (χ0) is 24.3. The molecule has 0 unspecified atom stereocenters. The van der Waals surface area contributed by atoms with E-state index in [0.717, 1.165) is 5.56 Å². The smallest absolute Gasteiger partial charge is 0.264 e. The monoisotopic (exact) mass is 482 g/mol. The van der Waals surface area contributed by atoms with Crippen molar-refractivity contribution in [3.8, 4) is 17.2 Å². The largest absolute Gasteiger partial charge is 0.493 e. The van der Waals surface area contributed by atoms with Crippen LogP contribution in [-0.4, -0.2) is 41.2 Å². The first kappa shape index (κ1) is 23.4. The number of amides is 1. The molecule has 0 fully saturated rings. The second kappa shape index (κ2) is 9.64. The summed E-state index contributed by atoms with van der Waals surface area (Å²) in [4.78, 5) is 13.3. The molecule has 3 aromatic carbocycles. The Morgan fingerprint density at radius 3 is 2.38 bits per heavy atom. The maximum Gasteiger partial charge on any atom is 0.264 e. The molecule has 0 spiro atoms. The highest BCUT2D eigenvalue weighted by molar-refractivity contribution is 7.92. The lowest BCUT2D eigenvalue weighted by atomic mass is 10.1. The number of hydrogen-bond donors (Lipinski definition) is 1. The highest BCUT2D eigenvalue weighted by atomic mass is 32.2. The third-order valence-electron chi connectivity index (χ3n) is 5.62. The van der Waals surface area contributed by atoms with Gasteiger partial charge in [0.2, 0.25) is 0 Å². The van der Waals surface area contributed by atoms with Crippen molar-refractivity contribution in [2.75, 3.05) is 25.1 Å². The molecule has 1 aliphatic rings. The molecular weight excluding hydrogens is 456 g/mol. The average Bonchev–Trinajstić information content (AvgIpc) is 2.87. The molecule has 0 saturated heterocycles. The van der Waals surface area contributed by atoms with E-state index in [-0.39, 0.29) is 17.5 Å². The molecule has 1 amide bonds. The fourth-order valence-corrected chi connectivity index (χ4v) is 5.29. The molecule has 1 heterocycles. The van der Waals surface area contributed by atoms with Crippen LogP contribution in [0, 0.1) is 0 Å². The van der Waals surface area contributed by atoms with Gasteiger partial charge in [-0.2, -0.15) is 0 Å². The van der Waals surface area contributed by atoms with E-state index < -0.39 is 22.0 Å². The second-order valence-electron chi connectivity index (χ2n) is 7.77. The van der Waals surface area contributed by atoms with Gasteiger partial charge in [-0.3, -0.25) is 9.10 Å². The van der Waals surface area contributed by atoms with E-state index in [1.54, 1.807) is 68.8 Å².